The van der Waals surface area contributed by atoms with Gasteiger partial charge in [0.25, 0.3) is 5.56 Å². The zero-order chi connectivity index (χ0) is 25.0. The fourth-order valence-electron chi connectivity index (χ4n) is 3.78. The number of ether oxygens (including phenoxy) is 1. The summed E-state index contributed by atoms with van der Waals surface area (Å²) in [5.41, 5.74) is -0.415. The van der Waals surface area contributed by atoms with Crippen molar-refractivity contribution in [2.75, 3.05) is 37.7 Å². The highest BCUT2D eigenvalue weighted by Crippen LogP contribution is 2.25. The number of amides is 1. The van der Waals surface area contributed by atoms with Gasteiger partial charge in [0.05, 0.1) is 5.69 Å². The van der Waals surface area contributed by atoms with Crippen molar-refractivity contribution < 1.29 is 23.3 Å². The second-order valence-electron chi connectivity index (χ2n) is 9.02. The molecule has 1 aliphatic rings. The fourth-order valence-corrected chi connectivity index (χ4v) is 4.26. The van der Waals surface area contributed by atoms with Crippen molar-refractivity contribution in [3.63, 3.8) is 0 Å². The van der Waals surface area contributed by atoms with Crippen LogP contribution in [0.15, 0.2) is 4.79 Å². The molecule has 0 unspecified atom stereocenters. The normalized spacial score (nSPS) is 14.6. The number of ketones is 1. The molecular formula is C21H31FN6O5S. The average Bonchev–Trinajstić information content (AvgIpc) is 3.24. The summed E-state index contributed by atoms with van der Waals surface area (Å²) >= 11 is -0.106. The average molecular weight is 499 g/mol. The Bertz CT molecular complexity index is 1100. The van der Waals surface area contributed by atoms with Crippen molar-refractivity contribution in [1.82, 2.24) is 23.5 Å². The maximum atomic E-state index is 14.1. The van der Waals surface area contributed by atoms with E-state index in [1.165, 1.54) is 3.97 Å². The molecule has 2 aromatic heterocycles. The van der Waals surface area contributed by atoms with Crippen LogP contribution in [0.3, 0.4) is 0 Å². The number of hydrogen-bond donors (Lipinski definition) is 1. The predicted octanol–water partition coefficient (Wildman–Crippen LogP) is 2.24. The Hall–Kier alpha value is -2.67. The standard InChI is InChI=1S/C21H31FN6O5S/c1-5-14-16(25-9-11-26(12-10-25)20(32)33-21(2,3)4)18(31)27-19(28(14)34-22)23-17(24-27)15(30)8-6-7-13-29/h29H,5-13H2,1-4H3. The number of Topliss-reactive ketones (excluding diaryl/α,β-unsaturated/α-hetero) is 1. The van der Waals surface area contributed by atoms with Gasteiger partial charge >= 0.3 is 6.09 Å². The van der Waals surface area contributed by atoms with E-state index in [0.29, 0.717) is 51.1 Å². The van der Waals surface area contributed by atoms with E-state index >= 15 is 0 Å². The molecule has 0 spiro atoms. The lowest BCUT2D eigenvalue weighted by molar-refractivity contribution is 0.0240. The number of aliphatic hydroxyl groups excluding tert-OH is 1. The van der Waals surface area contributed by atoms with Gasteiger partial charge in [-0.25, -0.2) is 8.77 Å². The molecule has 0 saturated carbocycles. The number of rotatable bonds is 8. The largest absolute Gasteiger partial charge is 0.444 e. The molecule has 1 amide bonds. The van der Waals surface area contributed by atoms with Crippen LogP contribution in [-0.2, 0) is 11.2 Å². The molecule has 0 aliphatic carbocycles. The summed E-state index contributed by atoms with van der Waals surface area (Å²) in [6.07, 6.45) is 0.966. The van der Waals surface area contributed by atoms with Crippen molar-refractivity contribution in [3.05, 3.63) is 21.9 Å². The topological polar surface area (TPSA) is 122 Å². The van der Waals surface area contributed by atoms with Crippen LogP contribution in [0.5, 0.6) is 0 Å². The molecule has 0 bridgehead atoms. The second-order valence-corrected chi connectivity index (χ2v) is 9.53. The maximum absolute atomic E-state index is 14.1. The summed E-state index contributed by atoms with van der Waals surface area (Å²) in [5, 5.41) is 13.0. The first-order valence-corrected chi connectivity index (χ1v) is 12.0. The zero-order valence-corrected chi connectivity index (χ0v) is 20.7. The van der Waals surface area contributed by atoms with E-state index in [9.17, 15) is 18.3 Å². The van der Waals surface area contributed by atoms with Crippen LogP contribution in [0.25, 0.3) is 5.78 Å². The van der Waals surface area contributed by atoms with E-state index in [4.69, 9.17) is 9.84 Å². The molecule has 34 heavy (non-hydrogen) atoms. The number of aromatic nitrogens is 4. The zero-order valence-electron chi connectivity index (χ0n) is 19.9. The molecule has 1 fully saturated rings. The van der Waals surface area contributed by atoms with E-state index in [0.717, 1.165) is 4.52 Å². The number of halogens is 1. The van der Waals surface area contributed by atoms with Crippen molar-refractivity contribution in [3.8, 4) is 0 Å². The van der Waals surface area contributed by atoms with E-state index in [1.807, 2.05) is 0 Å². The smallest absolute Gasteiger partial charge is 0.410 e. The molecule has 11 nitrogen and oxygen atoms in total. The highest BCUT2D eigenvalue weighted by Gasteiger charge is 2.30. The van der Waals surface area contributed by atoms with E-state index in [1.54, 1.807) is 37.5 Å². The summed E-state index contributed by atoms with van der Waals surface area (Å²) in [5.74, 6) is -0.597. The van der Waals surface area contributed by atoms with E-state index in [2.05, 4.69) is 10.1 Å². The molecule has 3 rings (SSSR count). The number of carbonyl (C=O) groups is 2. The Morgan fingerprint density at radius 3 is 2.41 bits per heavy atom. The Kier molecular flexibility index (Phi) is 8.18. The molecule has 13 heteroatoms. The quantitative estimate of drug-likeness (QED) is 0.431. The minimum Gasteiger partial charge on any atom is -0.444 e. The highest BCUT2D eigenvalue weighted by atomic mass is 32.2. The van der Waals surface area contributed by atoms with Crippen LogP contribution in [0.1, 0.15) is 63.3 Å². The van der Waals surface area contributed by atoms with Gasteiger partial charge in [0.2, 0.25) is 17.4 Å². The summed E-state index contributed by atoms with van der Waals surface area (Å²) in [6, 6.07) is 0. The van der Waals surface area contributed by atoms with Gasteiger partial charge in [-0.3, -0.25) is 9.59 Å². The van der Waals surface area contributed by atoms with Gasteiger partial charge in [-0.05, 0) is 40.0 Å². The maximum Gasteiger partial charge on any atom is 0.410 e. The monoisotopic (exact) mass is 498 g/mol. The summed E-state index contributed by atoms with van der Waals surface area (Å²) in [7, 11) is 0. The molecule has 0 atom stereocenters. The van der Waals surface area contributed by atoms with Crippen LogP contribution in [-0.4, -0.2) is 78.8 Å². The summed E-state index contributed by atoms with van der Waals surface area (Å²) < 4.78 is 21.6. The first kappa shape index (κ1) is 25.9. The van der Waals surface area contributed by atoms with Crippen LogP contribution in [0.2, 0.25) is 0 Å². The van der Waals surface area contributed by atoms with Crippen LogP contribution in [0, 0.1) is 0 Å². The number of hydrogen-bond acceptors (Lipinski definition) is 9. The lowest BCUT2D eigenvalue weighted by Crippen LogP contribution is -2.51. The first-order valence-electron chi connectivity index (χ1n) is 11.3. The predicted molar refractivity (Wildman–Crippen MR) is 126 cm³/mol. The third kappa shape index (κ3) is 5.52. The number of fused-ring (bicyclic) bond motifs is 1. The molecule has 188 valence electrons. The SMILES string of the molecule is CCc1c(N2CCN(C(=O)OC(C)(C)C)CC2)c(=O)n2nc(C(=O)CCCCO)nc2n1SF. The Labute approximate surface area is 201 Å². The second kappa shape index (κ2) is 10.7. The minimum atomic E-state index is -0.610. The number of nitrogens with zero attached hydrogens (tertiary/aromatic N) is 6. The third-order valence-corrected chi connectivity index (χ3v) is 5.92. The molecule has 3 heterocycles. The number of carbonyl (C=O) groups excluding carboxylic acids is 2. The number of unbranched alkanes of at least 4 members (excludes halogenated alkanes) is 1. The van der Waals surface area contributed by atoms with Gasteiger partial charge in [0, 0.05) is 39.2 Å². The molecule has 2 aromatic rings. The molecule has 0 radical (unpaired) electrons. The van der Waals surface area contributed by atoms with Crippen molar-refractivity contribution in [2.45, 2.75) is 59.0 Å². The van der Waals surface area contributed by atoms with Crippen LogP contribution < -0.4 is 10.5 Å². The van der Waals surface area contributed by atoms with Gasteiger partial charge in [0.1, 0.15) is 11.3 Å². The van der Waals surface area contributed by atoms with Gasteiger partial charge in [0.15, 0.2) is 12.3 Å². The molecular weight excluding hydrogens is 467 g/mol. The number of anilines is 1. The number of aliphatic hydroxyl groups is 1. The molecule has 0 aromatic carbocycles. The minimum absolute atomic E-state index is 0.0283. The van der Waals surface area contributed by atoms with Crippen molar-refractivity contribution >= 4 is 35.7 Å². The first-order chi connectivity index (χ1) is 16.1. The van der Waals surface area contributed by atoms with Gasteiger partial charge in [-0.2, -0.15) is 9.50 Å². The van der Waals surface area contributed by atoms with E-state index < -0.39 is 17.3 Å². The molecule has 1 N–H and O–H groups in total. The Morgan fingerprint density at radius 1 is 1.18 bits per heavy atom. The molecule has 1 saturated heterocycles. The van der Waals surface area contributed by atoms with Gasteiger partial charge < -0.3 is 19.6 Å². The lowest BCUT2D eigenvalue weighted by atomic mass is 10.2. The Morgan fingerprint density at radius 2 is 1.85 bits per heavy atom. The third-order valence-electron chi connectivity index (χ3n) is 5.40. The summed E-state index contributed by atoms with van der Waals surface area (Å²) in [6.45, 7) is 8.54. The van der Waals surface area contributed by atoms with E-state index in [-0.39, 0.29) is 48.4 Å². The van der Waals surface area contributed by atoms with Crippen molar-refractivity contribution in [2.24, 2.45) is 0 Å². The van der Waals surface area contributed by atoms with Gasteiger partial charge in [-0.15, -0.1) is 8.98 Å². The van der Waals surface area contributed by atoms with Gasteiger partial charge in [-0.1, -0.05) is 6.92 Å². The van der Waals surface area contributed by atoms with Crippen LogP contribution >= 0.6 is 12.3 Å². The molecule has 1 aliphatic heterocycles. The van der Waals surface area contributed by atoms with Crippen LogP contribution in [0.4, 0.5) is 14.4 Å². The lowest BCUT2D eigenvalue weighted by Gasteiger charge is -2.37. The fraction of sp³-hybridized carbons (Fsp3) is 0.667. The Balaban J connectivity index is 1.92. The number of piperazine rings is 1. The highest BCUT2D eigenvalue weighted by molar-refractivity contribution is 7.92. The van der Waals surface area contributed by atoms with Crippen molar-refractivity contribution in [1.29, 1.82) is 0 Å². The summed E-state index contributed by atoms with van der Waals surface area (Å²) in [4.78, 5) is 45.8.